The van der Waals surface area contributed by atoms with E-state index in [4.69, 9.17) is 0 Å². The average molecular weight is 344 g/mol. The molecule has 1 fully saturated rings. The highest BCUT2D eigenvalue weighted by molar-refractivity contribution is 7.09. The van der Waals surface area contributed by atoms with Gasteiger partial charge in [-0.2, -0.15) is 18.3 Å². The van der Waals surface area contributed by atoms with E-state index in [0.29, 0.717) is 18.1 Å². The first-order chi connectivity index (χ1) is 10.9. The summed E-state index contributed by atoms with van der Waals surface area (Å²) < 4.78 is 38.0. The maximum absolute atomic E-state index is 12.7. The largest absolute Gasteiger partial charge is 0.434 e. The maximum Gasteiger partial charge on any atom is 0.434 e. The predicted octanol–water partition coefficient (Wildman–Crippen LogP) is 2.83. The summed E-state index contributed by atoms with van der Waals surface area (Å²) in [6, 6.07) is 1.73. The van der Waals surface area contributed by atoms with Gasteiger partial charge >= 0.3 is 6.18 Å². The van der Waals surface area contributed by atoms with Crippen LogP contribution in [0.1, 0.15) is 35.2 Å². The number of hydrogen-bond acceptors (Lipinski definition) is 4. The van der Waals surface area contributed by atoms with Crippen LogP contribution in [0.2, 0.25) is 0 Å². The number of thiazole rings is 1. The molecule has 0 bridgehead atoms. The van der Waals surface area contributed by atoms with Gasteiger partial charge in [-0.05, 0) is 18.9 Å². The first-order valence-corrected chi connectivity index (χ1v) is 8.10. The van der Waals surface area contributed by atoms with Crippen molar-refractivity contribution in [2.75, 3.05) is 13.1 Å². The third kappa shape index (κ3) is 3.72. The molecule has 0 spiro atoms. The van der Waals surface area contributed by atoms with E-state index in [-0.39, 0.29) is 18.2 Å². The Bertz CT molecular complexity index is 668. The molecule has 1 saturated heterocycles. The smallest absolute Gasteiger partial charge is 0.342 e. The van der Waals surface area contributed by atoms with Crippen molar-refractivity contribution in [1.29, 1.82) is 0 Å². The number of piperidine rings is 1. The van der Waals surface area contributed by atoms with E-state index in [0.717, 1.165) is 35.3 Å². The molecule has 2 aromatic rings. The standard InChI is InChI=1S/C14H15F3N4OS/c15-14(16,17)11-8-23-13(19-11)9-2-1-5-21(7-9)12(22)6-10-3-4-18-20-10/h3-4,8-9H,1-2,5-7H2,(H,18,20). The molecule has 1 N–H and O–H groups in total. The van der Waals surface area contributed by atoms with E-state index < -0.39 is 11.9 Å². The first-order valence-electron chi connectivity index (χ1n) is 7.22. The minimum absolute atomic E-state index is 0.0495. The molecule has 1 atom stereocenters. The summed E-state index contributed by atoms with van der Waals surface area (Å²) >= 11 is 1.02. The van der Waals surface area contributed by atoms with Gasteiger partial charge in [-0.15, -0.1) is 11.3 Å². The van der Waals surface area contributed by atoms with Crippen LogP contribution in [0.5, 0.6) is 0 Å². The summed E-state index contributed by atoms with van der Waals surface area (Å²) in [6.45, 7) is 1.04. The molecule has 0 radical (unpaired) electrons. The van der Waals surface area contributed by atoms with Crippen molar-refractivity contribution in [2.24, 2.45) is 0 Å². The molecule has 9 heteroatoms. The van der Waals surface area contributed by atoms with E-state index in [9.17, 15) is 18.0 Å². The van der Waals surface area contributed by atoms with Gasteiger partial charge < -0.3 is 4.90 Å². The van der Waals surface area contributed by atoms with E-state index in [1.165, 1.54) is 0 Å². The molecule has 1 aliphatic heterocycles. The quantitative estimate of drug-likeness (QED) is 0.931. The Morgan fingerprint density at radius 1 is 1.48 bits per heavy atom. The number of nitrogens with one attached hydrogen (secondary N) is 1. The number of hydrogen-bond donors (Lipinski definition) is 1. The average Bonchev–Trinajstić information content (AvgIpc) is 3.18. The molecule has 5 nitrogen and oxygen atoms in total. The van der Waals surface area contributed by atoms with Crippen molar-refractivity contribution in [1.82, 2.24) is 20.1 Å². The van der Waals surface area contributed by atoms with Crippen LogP contribution in [0, 0.1) is 0 Å². The summed E-state index contributed by atoms with van der Waals surface area (Å²) in [6.07, 6.45) is -1.10. The second-order valence-electron chi connectivity index (χ2n) is 5.51. The van der Waals surface area contributed by atoms with E-state index in [2.05, 4.69) is 15.2 Å². The molecule has 1 amide bonds. The molecule has 2 aromatic heterocycles. The molecule has 0 aromatic carbocycles. The third-order valence-corrected chi connectivity index (χ3v) is 4.84. The first kappa shape index (κ1) is 16.0. The fourth-order valence-corrected chi connectivity index (χ4v) is 3.62. The van der Waals surface area contributed by atoms with Crippen LogP contribution in [-0.4, -0.2) is 39.1 Å². The van der Waals surface area contributed by atoms with Crippen LogP contribution in [0.3, 0.4) is 0 Å². The summed E-state index contributed by atoms with van der Waals surface area (Å²) in [7, 11) is 0. The molecule has 1 unspecified atom stereocenters. The topological polar surface area (TPSA) is 61.9 Å². The Hall–Kier alpha value is -1.90. The van der Waals surface area contributed by atoms with E-state index in [1.807, 2.05) is 0 Å². The van der Waals surface area contributed by atoms with Gasteiger partial charge in [0.2, 0.25) is 5.91 Å². The molecule has 23 heavy (non-hydrogen) atoms. The van der Waals surface area contributed by atoms with Gasteiger partial charge in [-0.25, -0.2) is 4.98 Å². The number of aromatic nitrogens is 3. The van der Waals surface area contributed by atoms with Crippen molar-refractivity contribution < 1.29 is 18.0 Å². The summed E-state index contributed by atoms with van der Waals surface area (Å²) in [4.78, 5) is 17.7. The zero-order valence-electron chi connectivity index (χ0n) is 12.1. The van der Waals surface area contributed by atoms with Gasteiger partial charge in [-0.1, -0.05) is 0 Å². The zero-order chi connectivity index (χ0) is 16.4. The van der Waals surface area contributed by atoms with Crippen LogP contribution in [-0.2, 0) is 17.4 Å². The molecular weight excluding hydrogens is 329 g/mol. The van der Waals surface area contributed by atoms with E-state index >= 15 is 0 Å². The van der Waals surface area contributed by atoms with Crippen LogP contribution >= 0.6 is 11.3 Å². The molecule has 0 aliphatic carbocycles. The van der Waals surface area contributed by atoms with Gasteiger partial charge in [0.25, 0.3) is 0 Å². The fourth-order valence-electron chi connectivity index (χ4n) is 2.67. The lowest BCUT2D eigenvalue weighted by Gasteiger charge is -2.31. The molecule has 1 aliphatic rings. The fraction of sp³-hybridized carbons (Fsp3) is 0.500. The molecule has 3 rings (SSSR count). The summed E-state index contributed by atoms with van der Waals surface area (Å²) in [5, 5.41) is 8.03. The molecule has 3 heterocycles. The lowest BCUT2D eigenvalue weighted by atomic mass is 9.98. The highest BCUT2D eigenvalue weighted by Gasteiger charge is 2.35. The molecule has 0 saturated carbocycles. The lowest BCUT2D eigenvalue weighted by Crippen LogP contribution is -2.40. The number of aromatic amines is 1. The molecule has 124 valence electrons. The number of likely N-dealkylation sites (tertiary alicyclic amines) is 1. The maximum atomic E-state index is 12.7. The summed E-state index contributed by atoms with van der Waals surface area (Å²) in [5.41, 5.74) is -0.121. The second-order valence-corrected chi connectivity index (χ2v) is 6.40. The number of H-pyrrole nitrogens is 1. The minimum atomic E-state index is -4.42. The SMILES string of the molecule is O=C(Cc1ccn[nH]1)N1CCCC(c2nc(C(F)(F)F)cs2)C1. The van der Waals surface area contributed by atoms with Gasteiger partial charge in [0.1, 0.15) is 0 Å². The lowest BCUT2D eigenvalue weighted by molar-refractivity contribution is -0.141. The number of halogens is 3. The van der Waals surface area contributed by atoms with Crippen LogP contribution < -0.4 is 0 Å². The van der Waals surface area contributed by atoms with Crippen molar-refractivity contribution in [3.63, 3.8) is 0 Å². The van der Waals surface area contributed by atoms with E-state index in [1.54, 1.807) is 17.2 Å². The van der Waals surface area contributed by atoms with Gasteiger partial charge in [-0.3, -0.25) is 9.89 Å². The van der Waals surface area contributed by atoms with Gasteiger partial charge in [0.05, 0.1) is 11.4 Å². The van der Waals surface area contributed by atoms with Crippen LogP contribution in [0.25, 0.3) is 0 Å². The third-order valence-electron chi connectivity index (χ3n) is 3.84. The number of carbonyl (C=O) groups is 1. The number of alkyl halides is 3. The molecular formula is C14H15F3N4OS. The Morgan fingerprint density at radius 3 is 2.96 bits per heavy atom. The normalized spacial score (nSPS) is 19.1. The van der Waals surface area contributed by atoms with Crippen molar-refractivity contribution >= 4 is 17.2 Å². The number of rotatable bonds is 3. The summed E-state index contributed by atoms with van der Waals surface area (Å²) in [5.74, 6) is -0.179. The Balaban J connectivity index is 1.66. The van der Waals surface area contributed by atoms with Crippen molar-refractivity contribution in [3.05, 3.63) is 34.0 Å². The van der Waals surface area contributed by atoms with Gasteiger partial charge in [0, 0.05) is 36.3 Å². The Kier molecular flexibility index (Phi) is 4.38. The monoisotopic (exact) mass is 344 g/mol. The van der Waals surface area contributed by atoms with Crippen molar-refractivity contribution in [2.45, 2.75) is 31.4 Å². The van der Waals surface area contributed by atoms with Crippen molar-refractivity contribution in [3.8, 4) is 0 Å². The Morgan fingerprint density at radius 2 is 2.30 bits per heavy atom. The predicted molar refractivity (Wildman–Crippen MR) is 78.0 cm³/mol. The second kappa shape index (κ2) is 6.31. The van der Waals surface area contributed by atoms with Crippen LogP contribution in [0.4, 0.5) is 13.2 Å². The minimum Gasteiger partial charge on any atom is -0.342 e. The number of carbonyl (C=O) groups excluding carboxylic acids is 1. The highest BCUT2D eigenvalue weighted by Crippen LogP contribution is 2.35. The zero-order valence-corrected chi connectivity index (χ0v) is 13.0. The number of amides is 1. The van der Waals surface area contributed by atoms with Crippen LogP contribution in [0.15, 0.2) is 17.6 Å². The Labute approximate surface area is 134 Å². The highest BCUT2D eigenvalue weighted by atomic mass is 32.1. The number of nitrogens with zero attached hydrogens (tertiary/aromatic N) is 3. The van der Waals surface area contributed by atoms with Gasteiger partial charge in [0.15, 0.2) is 5.69 Å².